The average molecular weight is 264 g/mol. The topological polar surface area (TPSA) is 79.6 Å². The first-order valence-corrected chi connectivity index (χ1v) is 6.27. The van der Waals surface area contributed by atoms with Crippen LogP contribution in [-0.4, -0.2) is 39.0 Å². The number of nitrogens with zero attached hydrogens (tertiary/aromatic N) is 2. The van der Waals surface area contributed by atoms with Gasteiger partial charge in [0, 0.05) is 31.8 Å². The van der Waals surface area contributed by atoms with Crippen LogP contribution in [0.1, 0.15) is 19.3 Å². The summed E-state index contributed by atoms with van der Waals surface area (Å²) in [4.78, 5) is 35.9. The van der Waals surface area contributed by atoms with E-state index in [2.05, 4.69) is 0 Å². The summed E-state index contributed by atoms with van der Waals surface area (Å²) in [6.07, 6.45) is 2.99. The average Bonchev–Trinajstić information content (AvgIpc) is 2.87. The van der Waals surface area contributed by atoms with Crippen LogP contribution in [0, 0.1) is 0 Å². The number of pyridine rings is 1. The van der Waals surface area contributed by atoms with E-state index >= 15 is 0 Å². The molecule has 2 heterocycles. The van der Waals surface area contributed by atoms with Crippen LogP contribution >= 0.6 is 0 Å². The normalized spacial score (nSPS) is 18.5. The number of aliphatic carboxylic acids is 1. The first-order chi connectivity index (χ1) is 9.09. The van der Waals surface area contributed by atoms with Crippen LogP contribution in [0.2, 0.25) is 0 Å². The van der Waals surface area contributed by atoms with Crippen LogP contribution in [-0.2, 0) is 16.1 Å². The van der Waals surface area contributed by atoms with Gasteiger partial charge in [-0.3, -0.25) is 9.59 Å². The molecular weight excluding hydrogens is 248 g/mol. The molecule has 102 valence electrons. The lowest BCUT2D eigenvalue weighted by atomic mass is 10.2. The standard InChI is InChI=1S/C13H16N2O4/c16-11-5-1-2-7-14(11)9-6-12(17)15-8-3-4-10(15)13(18)19/h1-2,5,7,10H,3-4,6,8-9H2,(H,18,19)/t10-/m1/s1. The molecule has 0 radical (unpaired) electrons. The minimum Gasteiger partial charge on any atom is -0.480 e. The third-order valence-electron chi connectivity index (χ3n) is 3.32. The molecule has 1 fully saturated rings. The van der Waals surface area contributed by atoms with E-state index in [1.54, 1.807) is 18.3 Å². The van der Waals surface area contributed by atoms with Crippen LogP contribution in [0.5, 0.6) is 0 Å². The van der Waals surface area contributed by atoms with E-state index in [4.69, 9.17) is 5.11 Å². The van der Waals surface area contributed by atoms with Crippen LogP contribution in [0.15, 0.2) is 29.2 Å². The molecule has 1 aromatic heterocycles. The Morgan fingerprint density at radius 3 is 2.84 bits per heavy atom. The molecule has 0 unspecified atom stereocenters. The predicted molar refractivity (Wildman–Crippen MR) is 67.7 cm³/mol. The third-order valence-corrected chi connectivity index (χ3v) is 3.32. The second-order valence-corrected chi connectivity index (χ2v) is 4.57. The Hall–Kier alpha value is -2.11. The smallest absolute Gasteiger partial charge is 0.326 e. The molecule has 1 N–H and O–H groups in total. The molecule has 1 aliphatic rings. The number of carbonyl (C=O) groups is 2. The maximum absolute atomic E-state index is 12.0. The van der Waals surface area contributed by atoms with Crippen molar-refractivity contribution in [2.45, 2.75) is 31.8 Å². The zero-order chi connectivity index (χ0) is 13.8. The van der Waals surface area contributed by atoms with Gasteiger partial charge in [-0.2, -0.15) is 0 Å². The highest BCUT2D eigenvalue weighted by Crippen LogP contribution is 2.18. The first-order valence-electron chi connectivity index (χ1n) is 6.27. The largest absolute Gasteiger partial charge is 0.480 e. The Bertz CT molecular complexity index is 537. The zero-order valence-electron chi connectivity index (χ0n) is 10.5. The first kappa shape index (κ1) is 13.3. The van der Waals surface area contributed by atoms with Crippen molar-refractivity contribution in [1.29, 1.82) is 0 Å². The summed E-state index contributed by atoms with van der Waals surface area (Å²) < 4.78 is 1.45. The van der Waals surface area contributed by atoms with Crippen molar-refractivity contribution in [3.05, 3.63) is 34.7 Å². The summed E-state index contributed by atoms with van der Waals surface area (Å²) >= 11 is 0. The Morgan fingerprint density at radius 2 is 2.16 bits per heavy atom. The Labute approximate surface area is 110 Å². The number of carboxylic acids is 1. The summed E-state index contributed by atoms with van der Waals surface area (Å²) in [5, 5.41) is 9.01. The number of hydrogen-bond donors (Lipinski definition) is 1. The van der Waals surface area contributed by atoms with Crippen molar-refractivity contribution in [1.82, 2.24) is 9.47 Å². The lowest BCUT2D eigenvalue weighted by molar-refractivity contribution is -0.148. The molecule has 0 bridgehead atoms. The van der Waals surface area contributed by atoms with Gasteiger partial charge in [-0.15, -0.1) is 0 Å². The Kier molecular flexibility index (Phi) is 3.99. The third kappa shape index (κ3) is 3.01. The number of carboxylic acid groups (broad SMARTS) is 1. The van der Waals surface area contributed by atoms with Crippen LogP contribution in [0.3, 0.4) is 0 Å². The summed E-state index contributed by atoms with van der Waals surface area (Å²) in [7, 11) is 0. The van der Waals surface area contributed by atoms with E-state index in [9.17, 15) is 14.4 Å². The molecule has 6 heteroatoms. The van der Waals surface area contributed by atoms with Crippen molar-refractivity contribution >= 4 is 11.9 Å². The summed E-state index contributed by atoms with van der Waals surface area (Å²) in [6, 6.07) is 4.09. The van der Waals surface area contributed by atoms with Gasteiger partial charge >= 0.3 is 5.97 Å². The zero-order valence-corrected chi connectivity index (χ0v) is 10.5. The van der Waals surface area contributed by atoms with Crippen molar-refractivity contribution in [2.24, 2.45) is 0 Å². The number of carbonyl (C=O) groups excluding carboxylic acids is 1. The summed E-state index contributed by atoms with van der Waals surface area (Å²) in [5.41, 5.74) is -0.161. The minimum atomic E-state index is -0.956. The van der Waals surface area contributed by atoms with Gasteiger partial charge in [0.25, 0.3) is 5.56 Å². The Balaban J connectivity index is 1.97. The van der Waals surface area contributed by atoms with Gasteiger partial charge < -0.3 is 14.6 Å². The van der Waals surface area contributed by atoms with E-state index < -0.39 is 12.0 Å². The maximum atomic E-state index is 12.0. The highest BCUT2D eigenvalue weighted by atomic mass is 16.4. The van der Waals surface area contributed by atoms with Crippen LogP contribution in [0.25, 0.3) is 0 Å². The monoisotopic (exact) mass is 264 g/mol. The van der Waals surface area contributed by atoms with E-state index in [1.165, 1.54) is 15.5 Å². The van der Waals surface area contributed by atoms with E-state index in [-0.39, 0.29) is 24.4 Å². The number of aryl methyl sites for hydroxylation is 1. The van der Waals surface area contributed by atoms with E-state index in [0.29, 0.717) is 19.4 Å². The van der Waals surface area contributed by atoms with Crippen LogP contribution < -0.4 is 5.56 Å². The van der Waals surface area contributed by atoms with E-state index in [0.717, 1.165) is 0 Å². The minimum absolute atomic E-state index is 0.147. The van der Waals surface area contributed by atoms with E-state index in [1.807, 2.05) is 0 Å². The van der Waals surface area contributed by atoms with Gasteiger partial charge in [0.1, 0.15) is 6.04 Å². The molecule has 1 saturated heterocycles. The molecule has 6 nitrogen and oxygen atoms in total. The van der Waals surface area contributed by atoms with Crippen molar-refractivity contribution in [3.8, 4) is 0 Å². The Morgan fingerprint density at radius 1 is 1.37 bits per heavy atom. The molecule has 1 aliphatic heterocycles. The number of likely N-dealkylation sites (tertiary alicyclic amines) is 1. The number of hydrogen-bond acceptors (Lipinski definition) is 3. The molecule has 0 aliphatic carbocycles. The van der Waals surface area contributed by atoms with Gasteiger partial charge in [-0.25, -0.2) is 4.79 Å². The van der Waals surface area contributed by atoms with Crippen LogP contribution in [0.4, 0.5) is 0 Å². The highest BCUT2D eigenvalue weighted by Gasteiger charge is 2.33. The molecular formula is C13H16N2O4. The molecule has 0 aromatic carbocycles. The van der Waals surface area contributed by atoms with Gasteiger partial charge in [0.15, 0.2) is 0 Å². The fourth-order valence-electron chi connectivity index (χ4n) is 2.33. The summed E-state index contributed by atoms with van der Waals surface area (Å²) in [6.45, 7) is 0.765. The van der Waals surface area contributed by atoms with Gasteiger partial charge in [0.2, 0.25) is 5.91 Å². The van der Waals surface area contributed by atoms with Crippen molar-refractivity contribution < 1.29 is 14.7 Å². The van der Waals surface area contributed by atoms with Gasteiger partial charge in [0.05, 0.1) is 0 Å². The quantitative estimate of drug-likeness (QED) is 0.849. The maximum Gasteiger partial charge on any atom is 0.326 e. The second-order valence-electron chi connectivity index (χ2n) is 4.57. The summed E-state index contributed by atoms with van der Waals surface area (Å²) in [5.74, 6) is -1.16. The molecule has 1 aromatic rings. The molecule has 19 heavy (non-hydrogen) atoms. The number of rotatable bonds is 4. The van der Waals surface area contributed by atoms with Gasteiger partial charge in [-0.05, 0) is 18.9 Å². The molecule has 1 amide bonds. The lowest BCUT2D eigenvalue weighted by Crippen LogP contribution is -2.41. The number of aromatic nitrogens is 1. The SMILES string of the molecule is O=C(O)[C@H]1CCCN1C(=O)CCn1ccccc1=O. The predicted octanol–water partition coefficient (Wildman–Crippen LogP) is 0.314. The second kappa shape index (κ2) is 5.69. The fourth-order valence-corrected chi connectivity index (χ4v) is 2.33. The molecule has 1 atom stereocenters. The highest BCUT2D eigenvalue weighted by molar-refractivity contribution is 5.84. The molecule has 0 spiro atoms. The van der Waals surface area contributed by atoms with Crippen molar-refractivity contribution in [3.63, 3.8) is 0 Å². The lowest BCUT2D eigenvalue weighted by Gasteiger charge is -2.21. The number of amides is 1. The van der Waals surface area contributed by atoms with Gasteiger partial charge in [-0.1, -0.05) is 6.07 Å². The molecule has 2 rings (SSSR count). The molecule has 0 saturated carbocycles. The fraction of sp³-hybridized carbons (Fsp3) is 0.462. The van der Waals surface area contributed by atoms with Crippen molar-refractivity contribution in [2.75, 3.05) is 6.54 Å².